The highest BCUT2D eigenvalue weighted by Crippen LogP contribution is 2.19. The van der Waals surface area contributed by atoms with Crippen molar-refractivity contribution in [3.8, 4) is 0 Å². The van der Waals surface area contributed by atoms with Crippen LogP contribution >= 0.6 is 49.7 Å². The summed E-state index contributed by atoms with van der Waals surface area (Å²) >= 11 is 18.0. The van der Waals surface area contributed by atoms with Crippen LogP contribution < -0.4 is 10.6 Å². The molecule has 0 heterocycles. The minimum absolute atomic E-state index is 0.332. The Labute approximate surface area is 106 Å². The number of nitrogens with one attached hydrogen (secondary N) is 2. The Bertz CT molecular complexity index is 207. The average molecular weight is 266 g/mol. The van der Waals surface area contributed by atoms with Gasteiger partial charge in [-0.3, -0.25) is 0 Å². The highest BCUT2D eigenvalue weighted by atomic mass is 32.1. The van der Waals surface area contributed by atoms with Gasteiger partial charge < -0.3 is 10.6 Å². The Hall–Kier alpha value is 0.480. The highest BCUT2D eigenvalue weighted by Gasteiger charge is 2.24. The smallest absolute Gasteiger partial charge is 0.130 e. The molecule has 80 valence electrons. The van der Waals surface area contributed by atoms with Crippen molar-refractivity contribution in [3.05, 3.63) is 0 Å². The van der Waals surface area contributed by atoms with Gasteiger partial charge in [-0.1, -0.05) is 37.3 Å². The van der Waals surface area contributed by atoms with Gasteiger partial charge in [0.15, 0.2) is 0 Å². The van der Waals surface area contributed by atoms with E-state index >= 15 is 0 Å². The number of thiol groups is 2. The third-order valence-corrected chi connectivity index (χ3v) is 2.88. The second-order valence-electron chi connectivity index (χ2n) is 3.40. The summed E-state index contributed by atoms with van der Waals surface area (Å²) in [6.07, 6.45) is 4.67. The van der Waals surface area contributed by atoms with E-state index in [-0.39, 0.29) is 0 Å². The van der Waals surface area contributed by atoms with Crippen LogP contribution in [0.25, 0.3) is 0 Å². The maximum absolute atomic E-state index is 4.92. The van der Waals surface area contributed by atoms with Crippen molar-refractivity contribution in [3.63, 3.8) is 0 Å². The first-order valence-corrected chi connectivity index (χ1v) is 6.29. The lowest BCUT2D eigenvalue weighted by Crippen LogP contribution is -2.51. The summed E-state index contributed by atoms with van der Waals surface area (Å²) in [5.41, 5.74) is 0. The van der Waals surface area contributed by atoms with Gasteiger partial charge in [0.05, 0.1) is 0 Å². The normalized spacial score (nSPS) is 26.7. The molecule has 0 amide bonds. The fourth-order valence-electron chi connectivity index (χ4n) is 1.79. The molecule has 0 spiro atoms. The predicted octanol–water partition coefficient (Wildman–Crippen LogP) is 1.91. The van der Waals surface area contributed by atoms with Crippen molar-refractivity contribution in [2.45, 2.75) is 37.8 Å². The maximum Gasteiger partial charge on any atom is 0.130 e. The molecule has 1 fully saturated rings. The van der Waals surface area contributed by atoms with Crippen LogP contribution in [-0.4, -0.2) is 20.7 Å². The van der Waals surface area contributed by atoms with Crippen LogP contribution in [0.2, 0.25) is 0 Å². The molecule has 0 radical (unpaired) electrons. The zero-order chi connectivity index (χ0) is 10.6. The summed E-state index contributed by atoms with van der Waals surface area (Å²) in [7, 11) is 0. The number of thiocarbonyl (C=S) groups is 2. The molecule has 0 aliphatic heterocycles. The van der Waals surface area contributed by atoms with E-state index in [0.717, 1.165) is 12.8 Å². The second kappa shape index (κ2) is 6.15. The third kappa shape index (κ3) is 4.33. The van der Waals surface area contributed by atoms with Crippen molar-refractivity contribution in [1.29, 1.82) is 0 Å². The van der Waals surface area contributed by atoms with Gasteiger partial charge in [0, 0.05) is 12.1 Å². The summed E-state index contributed by atoms with van der Waals surface area (Å²) in [6, 6.07) is 0.665. The van der Waals surface area contributed by atoms with E-state index in [1.165, 1.54) is 12.8 Å². The van der Waals surface area contributed by atoms with Gasteiger partial charge in [0.25, 0.3) is 0 Å². The number of rotatable bonds is 2. The van der Waals surface area contributed by atoms with E-state index in [1.807, 2.05) is 0 Å². The fraction of sp³-hybridized carbons (Fsp3) is 0.750. The van der Waals surface area contributed by atoms with Gasteiger partial charge in [-0.05, 0) is 12.8 Å². The lowest BCUT2D eigenvalue weighted by Gasteiger charge is -2.33. The standard InChI is InChI=1S/C8H14N2S4/c11-7(12)9-5-3-1-2-4-6(5)10-8(13)14/h5-6H,1-4H2,(H2,9,11,12)(H2,10,13,14). The van der Waals surface area contributed by atoms with Crippen LogP contribution in [-0.2, 0) is 0 Å². The van der Waals surface area contributed by atoms with E-state index in [0.29, 0.717) is 20.7 Å². The molecule has 6 heteroatoms. The van der Waals surface area contributed by atoms with Crippen molar-refractivity contribution in [2.24, 2.45) is 0 Å². The maximum atomic E-state index is 4.92. The first-order chi connectivity index (χ1) is 6.59. The van der Waals surface area contributed by atoms with E-state index < -0.39 is 0 Å². The molecule has 2 atom stereocenters. The molecule has 1 saturated carbocycles. The van der Waals surface area contributed by atoms with Crippen molar-refractivity contribution in [1.82, 2.24) is 10.6 Å². The first-order valence-electron chi connectivity index (χ1n) is 4.58. The molecule has 0 bridgehead atoms. The van der Waals surface area contributed by atoms with Crippen LogP contribution in [0.15, 0.2) is 0 Å². The van der Waals surface area contributed by atoms with Gasteiger partial charge >= 0.3 is 0 Å². The highest BCUT2D eigenvalue weighted by molar-refractivity contribution is 8.11. The Morgan fingerprint density at radius 2 is 1.29 bits per heavy atom. The topological polar surface area (TPSA) is 24.1 Å². The molecular formula is C8H14N2S4. The van der Waals surface area contributed by atoms with E-state index in [4.69, 9.17) is 24.4 Å². The number of hydrogen-bond donors (Lipinski definition) is 4. The first kappa shape index (κ1) is 12.5. The molecular weight excluding hydrogens is 252 g/mol. The lowest BCUT2D eigenvalue weighted by atomic mass is 9.90. The van der Waals surface area contributed by atoms with Crippen LogP contribution in [0.4, 0.5) is 0 Å². The predicted molar refractivity (Wildman–Crippen MR) is 75.5 cm³/mol. The molecule has 0 aromatic heterocycles. The largest absolute Gasteiger partial charge is 0.366 e. The monoisotopic (exact) mass is 266 g/mol. The van der Waals surface area contributed by atoms with Gasteiger partial charge in [0.2, 0.25) is 0 Å². The molecule has 0 saturated heterocycles. The summed E-state index contributed by atoms with van der Waals surface area (Å²) in [6.45, 7) is 0. The molecule has 0 aromatic carbocycles. The van der Waals surface area contributed by atoms with Gasteiger partial charge in [-0.2, -0.15) is 0 Å². The quantitative estimate of drug-likeness (QED) is 0.453. The zero-order valence-electron chi connectivity index (χ0n) is 7.69. The Kier molecular flexibility index (Phi) is 5.51. The van der Waals surface area contributed by atoms with Crippen LogP contribution in [0, 0.1) is 0 Å². The summed E-state index contributed by atoms with van der Waals surface area (Å²) in [5, 5.41) is 6.35. The molecule has 14 heavy (non-hydrogen) atoms. The molecule has 2 nitrogen and oxygen atoms in total. The van der Waals surface area contributed by atoms with E-state index in [2.05, 4.69) is 35.9 Å². The van der Waals surface area contributed by atoms with E-state index in [1.54, 1.807) is 0 Å². The Morgan fingerprint density at radius 3 is 1.57 bits per heavy atom. The Morgan fingerprint density at radius 1 is 0.929 bits per heavy atom. The Balaban J connectivity index is 2.49. The molecule has 1 aliphatic carbocycles. The molecule has 2 unspecified atom stereocenters. The molecule has 2 N–H and O–H groups in total. The molecule has 1 aliphatic rings. The average Bonchev–Trinajstić information content (AvgIpc) is 2.06. The second-order valence-corrected chi connectivity index (χ2v) is 5.71. The summed E-state index contributed by atoms with van der Waals surface area (Å²) < 4.78 is 1.10. The van der Waals surface area contributed by atoms with Crippen molar-refractivity contribution in [2.75, 3.05) is 0 Å². The SMILES string of the molecule is S=C(S)NC1CCCCC1NC(=S)S. The zero-order valence-corrected chi connectivity index (χ0v) is 11.1. The number of hydrogen-bond acceptors (Lipinski definition) is 2. The lowest BCUT2D eigenvalue weighted by molar-refractivity contribution is 0.342. The minimum Gasteiger partial charge on any atom is -0.366 e. The van der Waals surface area contributed by atoms with E-state index in [9.17, 15) is 0 Å². The summed E-state index contributed by atoms with van der Waals surface area (Å²) in [4.78, 5) is 0. The third-order valence-electron chi connectivity index (χ3n) is 2.38. The molecule has 0 aromatic rings. The van der Waals surface area contributed by atoms with Crippen LogP contribution in [0.3, 0.4) is 0 Å². The van der Waals surface area contributed by atoms with Crippen molar-refractivity contribution < 1.29 is 0 Å². The minimum atomic E-state index is 0.332. The van der Waals surface area contributed by atoms with Gasteiger partial charge in [-0.25, -0.2) is 0 Å². The summed E-state index contributed by atoms with van der Waals surface area (Å²) in [5.74, 6) is 0. The van der Waals surface area contributed by atoms with Gasteiger partial charge in [-0.15, -0.1) is 25.3 Å². The molecule has 1 rings (SSSR count). The fourth-order valence-corrected chi connectivity index (χ4v) is 2.43. The van der Waals surface area contributed by atoms with Crippen LogP contribution in [0.5, 0.6) is 0 Å². The van der Waals surface area contributed by atoms with Gasteiger partial charge in [0.1, 0.15) is 8.64 Å². The van der Waals surface area contributed by atoms with Crippen molar-refractivity contribution >= 4 is 58.3 Å². The van der Waals surface area contributed by atoms with Crippen LogP contribution in [0.1, 0.15) is 25.7 Å².